The number of anilines is 1. The smallest absolute Gasteiger partial charge is 0.285 e. The molecule has 0 unspecified atom stereocenters. The normalized spacial score (nSPS) is 29.4. The van der Waals surface area contributed by atoms with E-state index in [4.69, 9.17) is 0 Å². The van der Waals surface area contributed by atoms with Crippen molar-refractivity contribution in [3.8, 4) is 0 Å². The summed E-state index contributed by atoms with van der Waals surface area (Å²) in [5, 5.41) is 5.67. The van der Waals surface area contributed by atoms with Crippen molar-refractivity contribution in [1.82, 2.24) is 10.2 Å². The minimum atomic E-state index is -0.229. The van der Waals surface area contributed by atoms with E-state index in [1.165, 1.54) is 24.2 Å². The van der Waals surface area contributed by atoms with Crippen LogP contribution in [0.1, 0.15) is 38.5 Å². The van der Waals surface area contributed by atoms with Gasteiger partial charge in [0.15, 0.2) is 0 Å². The quantitative estimate of drug-likeness (QED) is 0.718. The molecule has 6 nitrogen and oxygen atoms in total. The van der Waals surface area contributed by atoms with E-state index < -0.39 is 0 Å². The first kappa shape index (κ1) is 20.3. The summed E-state index contributed by atoms with van der Waals surface area (Å²) in [7, 11) is 3.42. The van der Waals surface area contributed by atoms with Crippen LogP contribution in [0.2, 0.25) is 0 Å². The second kappa shape index (κ2) is 8.01. The van der Waals surface area contributed by atoms with Crippen LogP contribution in [0.4, 0.5) is 10.5 Å². The van der Waals surface area contributed by atoms with Gasteiger partial charge in [-0.3, -0.25) is 14.4 Å². The molecule has 0 saturated heterocycles. The van der Waals surface area contributed by atoms with Crippen molar-refractivity contribution >= 4 is 34.5 Å². The minimum Gasteiger partial charge on any atom is -0.347 e. The molecule has 0 spiro atoms. The Bertz CT molecular complexity index is 771. The van der Waals surface area contributed by atoms with Crippen LogP contribution in [0.3, 0.4) is 0 Å². The summed E-state index contributed by atoms with van der Waals surface area (Å²) in [4.78, 5) is 39.3. The first-order valence-electron chi connectivity index (χ1n) is 10.4. The molecule has 4 bridgehead atoms. The third-order valence-electron chi connectivity index (χ3n) is 6.64. The van der Waals surface area contributed by atoms with Gasteiger partial charge >= 0.3 is 0 Å². The fourth-order valence-corrected chi connectivity index (χ4v) is 6.40. The molecule has 156 valence electrons. The Kier molecular flexibility index (Phi) is 5.60. The molecule has 0 heterocycles. The van der Waals surface area contributed by atoms with Gasteiger partial charge in [-0.15, -0.1) is 0 Å². The maximum atomic E-state index is 12.9. The van der Waals surface area contributed by atoms with Crippen molar-refractivity contribution in [2.75, 3.05) is 26.0 Å². The van der Waals surface area contributed by atoms with Crippen molar-refractivity contribution in [3.05, 3.63) is 24.3 Å². The molecule has 4 fully saturated rings. The number of benzene rings is 1. The van der Waals surface area contributed by atoms with E-state index in [1.807, 2.05) is 0 Å². The zero-order valence-corrected chi connectivity index (χ0v) is 17.9. The van der Waals surface area contributed by atoms with Gasteiger partial charge in [-0.05, 0) is 92.3 Å². The van der Waals surface area contributed by atoms with E-state index in [9.17, 15) is 14.4 Å². The number of carbonyl (C=O) groups excluding carboxylic acids is 3. The number of hydrogen-bond donors (Lipinski definition) is 2. The van der Waals surface area contributed by atoms with Crippen molar-refractivity contribution in [2.24, 2.45) is 23.2 Å². The van der Waals surface area contributed by atoms with Crippen molar-refractivity contribution in [2.45, 2.75) is 43.4 Å². The molecule has 5 rings (SSSR count). The van der Waals surface area contributed by atoms with Gasteiger partial charge < -0.3 is 15.5 Å². The summed E-state index contributed by atoms with van der Waals surface area (Å²) in [5.41, 5.74) is 0.424. The van der Waals surface area contributed by atoms with Gasteiger partial charge in [-0.25, -0.2) is 0 Å². The zero-order chi connectivity index (χ0) is 20.6. The highest BCUT2D eigenvalue weighted by molar-refractivity contribution is 8.13. The maximum Gasteiger partial charge on any atom is 0.285 e. The third kappa shape index (κ3) is 4.44. The summed E-state index contributed by atoms with van der Waals surface area (Å²) in [6.07, 6.45) is 6.87. The summed E-state index contributed by atoms with van der Waals surface area (Å²) >= 11 is 1.14. The molecule has 1 aromatic carbocycles. The number of nitrogens with one attached hydrogen (secondary N) is 2. The van der Waals surface area contributed by atoms with Crippen LogP contribution in [-0.4, -0.2) is 42.6 Å². The molecule has 7 heteroatoms. The summed E-state index contributed by atoms with van der Waals surface area (Å²) < 4.78 is 0. The van der Waals surface area contributed by atoms with E-state index in [0.717, 1.165) is 35.9 Å². The molecule has 0 radical (unpaired) electrons. The van der Waals surface area contributed by atoms with E-state index in [2.05, 4.69) is 10.6 Å². The van der Waals surface area contributed by atoms with Crippen LogP contribution in [0.5, 0.6) is 0 Å². The van der Waals surface area contributed by atoms with E-state index >= 15 is 0 Å². The first-order chi connectivity index (χ1) is 13.8. The molecule has 1 aromatic rings. The summed E-state index contributed by atoms with van der Waals surface area (Å²) in [6.45, 7) is -0.00377. The second-order valence-corrected chi connectivity index (χ2v) is 10.2. The van der Waals surface area contributed by atoms with Gasteiger partial charge in [-0.2, -0.15) is 0 Å². The second-order valence-electron chi connectivity index (χ2n) is 9.22. The van der Waals surface area contributed by atoms with Crippen LogP contribution in [0.15, 0.2) is 29.2 Å². The molecule has 3 amide bonds. The largest absolute Gasteiger partial charge is 0.347 e. The number of hydrogen-bond acceptors (Lipinski definition) is 4. The lowest BCUT2D eigenvalue weighted by molar-refractivity contribution is -0.146. The number of carbonyl (C=O) groups is 3. The van der Waals surface area contributed by atoms with Gasteiger partial charge in [0.25, 0.3) is 5.24 Å². The van der Waals surface area contributed by atoms with E-state index in [-0.39, 0.29) is 29.0 Å². The average Bonchev–Trinajstić information content (AvgIpc) is 2.66. The lowest BCUT2D eigenvalue weighted by Gasteiger charge is -2.55. The van der Waals surface area contributed by atoms with Gasteiger partial charge in [0.1, 0.15) is 0 Å². The highest BCUT2D eigenvalue weighted by Crippen LogP contribution is 2.60. The Labute approximate surface area is 176 Å². The Balaban J connectivity index is 1.27. The molecule has 29 heavy (non-hydrogen) atoms. The standard InChI is InChI=1S/C22H29N3O3S/c1-25(2)21(28)29-18-5-3-17(4-6-18)24-19(26)13-23-20(27)22-10-14-7-15(11-22)9-16(8-14)12-22/h3-6,14-16H,7-13H2,1-2H3,(H,23,27)(H,24,26). The Hall–Kier alpha value is -2.02. The molecule has 2 N–H and O–H groups in total. The van der Waals surface area contributed by atoms with Crippen LogP contribution in [0, 0.1) is 23.2 Å². The Morgan fingerprint density at radius 3 is 2.07 bits per heavy atom. The third-order valence-corrected chi connectivity index (χ3v) is 7.69. The fraction of sp³-hybridized carbons (Fsp3) is 0.591. The molecular weight excluding hydrogens is 386 g/mol. The number of amides is 3. The summed E-state index contributed by atoms with van der Waals surface area (Å²) in [5.74, 6) is 1.96. The predicted molar refractivity (Wildman–Crippen MR) is 114 cm³/mol. The number of nitrogens with zero attached hydrogens (tertiary/aromatic N) is 1. The molecule has 0 aromatic heterocycles. The number of rotatable bonds is 5. The topological polar surface area (TPSA) is 78.5 Å². The Morgan fingerprint density at radius 2 is 1.55 bits per heavy atom. The maximum absolute atomic E-state index is 12.9. The van der Waals surface area contributed by atoms with Crippen molar-refractivity contribution in [1.29, 1.82) is 0 Å². The summed E-state index contributed by atoms with van der Waals surface area (Å²) in [6, 6.07) is 7.14. The lowest BCUT2D eigenvalue weighted by atomic mass is 9.49. The highest BCUT2D eigenvalue weighted by atomic mass is 32.2. The van der Waals surface area contributed by atoms with Gasteiger partial charge in [0, 0.05) is 30.1 Å². The molecule has 4 saturated carbocycles. The van der Waals surface area contributed by atoms with Gasteiger partial charge in [-0.1, -0.05) is 0 Å². The molecule has 0 atom stereocenters. The van der Waals surface area contributed by atoms with Crippen LogP contribution < -0.4 is 10.6 Å². The Morgan fingerprint density at radius 1 is 1.00 bits per heavy atom. The average molecular weight is 416 g/mol. The van der Waals surface area contributed by atoms with Gasteiger partial charge in [0.2, 0.25) is 11.8 Å². The predicted octanol–water partition coefficient (Wildman–Crippen LogP) is 3.73. The molecule has 0 aliphatic heterocycles. The monoisotopic (exact) mass is 415 g/mol. The minimum absolute atomic E-state index is 0.00377. The highest BCUT2D eigenvalue weighted by Gasteiger charge is 2.54. The van der Waals surface area contributed by atoms with E-state index in [0.29, 0.717) is 23.4 Å². The SMILES string of the molecule is CN(C)C(=O)Sc1ccc(NC(=O)CNC(=O)C23CC4CC(CC(C4)C2)C3)cc1. The van der Waals surface area contributed by atoms with Crippen LogP contribution in [-0.2, 0) is 9.59 Å². The zero-order valence-electron chi connectivity index (χ0n) is 17.1. The molecule has 4 aliphatic rings. The molecule has 4 aliphatic carbocycles. The lowest BCUT2D eigenvalue weighted by Crippen LogP contribution is -2.54. The number of thioether (sulfide) groups is 1. The first-order valence-corrected chi connectivity index (χ1v) is 11.2. The fourth-order valence-electron chi connectivity index (χ4n) is 5.74. The van der Waals surface area contributed by atoms with Gasteiger partial charge in [0.05, 0.1) is 6.54 Å². The van der Waals surface area contributed by atoms with Crippen LogP contribution in [0.25, 0.3) is 0 Å². The molecular formula is C22H29N3O3S. The van der Waals surface area contributed by atoms with Crippen LogP contribution >= 0.6 is 11.8 Å². The van der Waals surface area contributed by atoms with E-state index in [1.54, 1.807) is 38.4 Å². The van der Waals surface area contributed by atoms with Crippen molar-refractivity contribution in [3.63, 3.8) is 0 Å². The van der Waals surface area contributed by atoms with Crippen molar-refractivity contribution < 1.29 is 14.4 Å².